The van der Waals surface area contributed by atoms with Gasteiger partial charge in [-0.2, -0.15) is 0 Å². The van der Waals surface area contributed by atoms with Gasteiger partial charge in [-0.3, -0.25) is 9.78 Å². The maximum Gasteiger partial charge on any atom is 0.271 e. The second kappa shape index (κ2) is 7.14. The van der Waals surface area contributed by atoms with Gasteiger partial charge in [0.2, 0.25) is 0 Å². The van der Waals surface area contributed by atoms with Crippen LogP contribution >= 0.6 is 0 Å². The highest BCUT2D eigenvalue weighted by Crippen LogP contribution is 2.17. The number of hydrogen-bond acceptors (Lipinski definition) is 4. The molecule has 0 bridgehead atoms. The van der Waals surface area contributed by atoms with Crippen molar-refractivity contribution in [2.24, 2.45) is 0 Å². The lowest BCUT2D eigenvalue weighted by molar-refractivity contribution is 0.0823. The molecule has 0 aliphatic heterocycles. The van der Waals surface area contributed by atoms with E-state index in [1.54, 1.807) is 18.2 Å². The highest BCUT2D eigenvalue weighted by atomic mass is 19.1. The van der Waals surface area contributed by atoms with Gasteiger partial charge in [0.25, 0.3) is 5.91 Å². The Morgan fingerprint density at radius 3 is 2.75 bits per heavy atom. The van der Waals surface area contributed by atoms with E-state index in [1.807, 2.05) is 18.2 Å². The van der Waals surface area contributed by atoms with Crippen LogP contribution in [0.15, 0.2) is 54.7 Å². The summed E-state index contributed by atoms with van der Waals surface area (Å²) in [6.07, 6.45) is 0.986. The molecular weight excluding hydrogens is 309 g/mol. The van der Waals surface area contributed by atoms with Crippen LogP contribution < -0.4 is 5.32 Å². The molecule has 1 aromatic heterocycles. The Bertz CT molecular complexity index is 870. The normalized spacial score (nSPS) is 12.1. The van der Waals surface area contributed by atoms with Crippen molar-refractivity contribution in [1.29, 1.82) is 0 Å². The predicted molar refractivity (Wildman–Crippen MR) is 88.0 cm³/mol. The van der Waals surface area contributed by atoms with Crippen molar-refractivity contribution in [2.45, 2.75) is 6.10 Å². The van der Waals surface area contributed by atoms with E-state index in [2.05, 4.69) is 15.3 Å². The van der Waals surface area contributed by atoms with E-state index in [4.69, 9.17) is 4.74 Å². The largest absolute Gasteiger partial charge is 0.375 e. The van der Waals surface area contributed by atoms with Gasteiger partial charge in [0.15, 0.2) is 0 Å². The van der Waals surface area contributed by atoms with Crippen LogP contribution in [0.4, 0.5) is 4.39 Å². The molecule has 0 saturated heterocycles. The van der Waals surface area contributed by atoms with Crippen LogP contribution in [0.2, 0.25) is 0 Å². The van der Waals surface area contributed by atoms with Gasteiger partial charge in [0.1, 0.15) is 11.5 Å². The molecule has 0 aliphatic rings. The highest BCUT2D eigenvalue weighted by Gasteiger charge is 2.15. The number of amides is 1. The molecule has 1 atom stereocenters. The number of nitrogens with one attached hydrogen (secondary N) is 1. The van der Waals surface area contributed by atoms with Crippen LogP contribution in [-0.4, -0.2) is 29.5 Å². The number of rotatable bonds is 5. The summed E-state index contributed by atoms with van der Waals surface area (Å²) in [6, 6.07) is 13.4. The van der Waals surface area contributed by atoms with Gasteiger partial charge in [-0.05, 0) is 29.8 Å². The van der Waals surface area contributed by atoms with E-state index in [0.717, 1.165) is 5.52 Å². The lowest BCUT2D eigenvalue weighted by Crippen LogP contribution is -2.30. The third-order valence-corrected chi connectivity index (χ3v) is 3.63. The number of carbonyl (C=O) groups is 1. The second-order valence-electron chi connectivity index (χ2n) is 5.23. The molecule has 5 nitrogen and oxygen atoms in total. The van der Waals surface area contributed by atoms with Crippen molar-refractivity contribution in [1.82, 2.24) is 15.3 Å². The summed E-state index contributed by atoms with van der Waals surface area (Å²) in [5.41, 5.74) is 2.26. The third-order valence-electron chi connectivity index (χ3n) is 3.63. The minimum atomic E-state index is -0.446. The minimum absolute atomic E-state index is 0.202. The molecule has 1 amide bonds. The zero-order chi connectivity index (χ0) is 16.9. The van der Waals surface area contributed by atoms with E-state index in [9.17, 15) is 9.18 Å². The Labute approximate surface area is 138 Å². The molecule has 0 fully saturated rings. The lowest BCUT2D eigenvalue weighted by Gasteiger charge is -2.16. The molecule has 0 aliphatic carbocycles. The molecule has 3 rings (SSSR count). The molecule has 24 heavy (non-hydrogen) atoms. The molecular formula is C18H16FN3O2. The van der Waals surface area contributed by atoms with E-state index < -0.39 is 6.10 Å². The summed E-state index contributed by atoms with van der Waals surface area (Å²) in [7, 11) is 1.51. The first kappa shape index (κ1) is 16.0. The van der Waals surface area contributed by atoms with Crippen molar-refractivity contribution in [3.8, 4) is 0 Å². The van der Waals surface area contributed by atoms with Crippen molar-refractivity contribution >= 4 is 16.9 Å². The molecule has 0 spiro atoms. The highest BCUT2D eigenvalue weighted by molar-refractivity contribution is 5.93. The van der Waals surface area contributed by atoms with Gasteiger partial charge in [0, 0.05) is 13.7 Å². The number of nitrogens with zero attached hydrogens (tertiary/aromatic N) is 2. The fraction of sp³-hybridized carbons (Fsp3) is 0.167. The zero-order valence-corrected chi connectivity index (χ0v) is 13.1. The number of aromatic nitrogens is 2. The van der Waals surface area contributed by atoms with Gasteiger partial charge in [-0.15, -0.1) is 0 Å². The number of benzene rings is 2. The van der Waals surface area contributed by atoms with E-state index >= 15 is 0 Å². The van der Waals surface area contributed by atoms with Gasteiger partial charge in [0.05, 0.1) is 23.3 Å². The number of carbonyl (C=O) groups excluding carboxylic acids is 1. The third kappa shape index (κ3) is 3.55. The monoisotopic (exact) mass is 325 g/mol. The van der Waals surface area contributed by atoms with Gasteiger partial charge in [-0.25, -0.2) is 9.37 Å². The maximum absolute atomic E-state index is 13.3. The molecule has 2 aromatic carbocycles. The molecule has 1 unspecified atom stereocenters. The van der Waals surface area contributed by atoms with E-state index in [0.29, 0.717) is 11.1 Å². The molecule has 6 heteroatoms. The number of methoxy groups -OCH3 is 1. The summed E-state index contributed by atoms with van der Waals surface area (Å²) in [6.45, 7) is 0.202. The Morgan fingerprint density at radius 2 is 2.00 bits per heavy atom. The Balaban J connectivity index is 1.71. The van der Waals surface area contributed by atoms with Gasteiger partial charge in [-0.1, -0.05) is 24.3 Å². The Hall–Kier alpha value is -2.86. The SMILES string of the molecule is COC(CNC(=O)c1cnc2ccccc2n1)c1cccc(F)c1. The quantitative estimate of drug-likeness (QED) is 0.783. The first-order valence-corrected chi connectivity index (χ1v) is 7.45. The number of fused-ring (bicyclic) bond motifs is 1. The predicted octanol–water partition coefficient (Wildman–Crippen LogP) is 2.89. The van der Waals surface area contributed by atoms with Crippen molar-refractivity contribution in [3.05, 3.63) is 71.8 Å². The average molecular weight is 325 g/mol. The number of ether oxygens (including phenoxy) is 1. The maximum atomic E-state index is 13.3. The second-order valence-corrected chi connectivity index (χ2v) is 5.23. The zero-order valence-electron chi connectivity index (χ0n) is 13.1. The first-order valence-electron chi connectivity index (χ1n) is 7.45. The van der Waals surface area contributed by atoms with Crippen molar-refractivity contribution < 1.29 is 13.9 Å². The van der Waals surface area contributed by atoms with Gasteiger partial charge < -0.3 is 10.1 Å². The van der Waals surface area contributed by atoms with Gasteiger partial charge >= 0.3 is 0 Å². The van der Waals surface area contributed by atoms with E-state index in [1.165, 1.54) is 25.4 Å². The lowest BCUT2D eigenvalue weighted by atomic mass is 10.1. The smallest absolute Gasteiger partial charge is 0.271 e. The molecule has 1 N–H and O–H groups in total. The van der Waals surface area contributed by atoms with E-state index in [-0.39, 0.29) is 24.0 Å². The number of hydrogen-bond donors (Lipinski definition) is 1. The van der Waals surface area contributed by atoms with Crippen LogP contribution in [-0.2, 0) is 4.74 Å². The minimum Gasteiger partial charge on any atom is -0.375 e. The average Bonchev–Trinajstić information content (AvgIpc) is 2.61. The fourth-order valence-corrected chi connectivity index (χ4v) is 2.39. The summed E-state index contributed by atoms with van der Waals surface area (Å²) >= 11 is 0. The summed E-state index contributed by atoms with van der Waals surface area (Å²) in [5.74, 6) is -0.701. The topological polar surface area (TPSA) is 64.1 Å². The Morgan fingerprint density at radius 1 is 1.21 bits per heavy atom. The Kier molecular flexibility index (Phi) is 4.77. The molecule has 122 valence electrons. The van der Waals surface area contributed by atoms with Crippen molar-refractivity contribution in [2.75, 3.05) is 13.7 Å². The molecule has 3 aromatic rings. The van der Waals surface area contributed by atoms with Crippen LogP contribution in [0.25, 0.3) is 11.0 Å². The van der Waals surface area contributed by atoms with Crippen LogP contribution in [0.1, 0.15) is 22.2 Å². The van der Waals surface area contributed by atoms with Crippen molar-refractivity contribution in [3.63, 3.8) is 0 Å². The standard InChI is InChI=1S/C18H16FN3O2/c1-24-17(12-5-4-6-13(19)9-12)11-21-18(23)16-10-20-14-7-2-3-8-15(14)22-16/h2-10,17H,11H2,1H3,(H,21,23). The number of halogens is 1. The summed E-state index contributed by atoms with van der Waals surface area (Å²) < 4.78 is 18.6. The summed E-state index contributed by atoms with van der Waals surface area (Å²) in [4.78, 5) is 20.8. The molecule has 1 heterocycles. The first-order chi connectivity index (χ1) is 11.7. The van der Waals surface area contributed by atoms with Crippen LogP contribution in [0.5, 0.6) is 0 Å². The molecule has 0 radical (unpaired) electrons. The number of para-hydroxylation sites is 2. The summed E-state index contributed by atoms with van der Waals surface area (Å²) in [5, 5.41) is 2.74. The van der Waals surface area contributed by atoms with Crippen LogP contribution in [0, 0.1) is 5.82 Å². The van der Waals surface area contributed by atoms with Crippen LogP contribution in [0.3, 0.4) is 0 Å². The fourth-order valence-electron chi connectivity index (χ4n) is 2.39. The molecule has 0 saturated carbocycles.